The summed E-state index contributed by atoms with van der Waals surface area (Å²) in [5, 5.41) is 0. The lowest BCUT2D eigenvalue weighted by Gasteiger charge is -2.37. The molecule has 2 saturated carbocycles. The maximum atomic E-state index is 5.15. The Bertz CT molecular complexity index is 2920. The van der Waals surface area contributed by atoms with E-state index in [2.05, 4.69) is 146 Å². The first-order valence-electron chi connectivity index (χ1n) is 22.2. The average Bonchev–Trinajstić information content (AvgIpc) is 3.73. The summed E-state index contributed by atoms with van der Waals surface area (Å²) in [7, 11) is 0. The van der Waals surface area contributed by atoms with Gasteiger partial charge in [0.25, 0.3) is 0 Å². The first-order valence-corrected chi connectivity index (χ1v) is 22.2. The molecule has 12 rings (SSSR count). The van der Waals surface area contributed by atoms with E-state index in [0.717, 1.165) is 16.7 Å². The molecule has 0 radical (unpaired) electrons. The lowest BCUT2D eigenvalue weighted by molar-refractivity contribution is 0.350. The predicted molar refractivity (Wildman–Crippen MR) is 246 cm³/mol. The molecular formula is C57H47N3. The molecule has 3 nitrogen and oxygen atoms in total. The van der Waals surface area contributed by atoms with Crippen molar-refractivity contribution >= 4 is 0 Å². The number of rotatable bonds is 5. The second kappa shape index (κ2) is 14.1. The van der Waals surface area contributed by atoms with Crippen LogP contribution in [0.2, 0.25) is 0 Å². The van der Waals surface area contributed by atoms with E-state index in [-0.39, 0.29) is 10.8 Å². The van der Waals surface area contributed by atoms with E-state index in [0.29, 0.717) is 17.5 Å². The third kappa shape index (κ3) is 5.59. The number of hydrogen-bond acceptors (Lipinski definition) is 3. The second-order valence-corrected chi connectivity index (χ2v) is 17.7. The van der Waals surface area contributed by atoms with Crippen LogP contribution in [0.1, 0.15) is 86.5 Å². The highest BCUT2D eigenvalue weighted by molar-refractivity contribution is 5.91. The largest absolute Gasteiger partial charge is 0.208 e. The van der Waals surface area contributed by atoms with Gasteiger partial charge in [0.15, 0.2) is 17.5 Å². The van der Waals surface area contributed by atoms with Crippen LogP contribution in [-0.4, -0.2) is 15.0 Å². The molecular weight excluding hydrogens is 727 g/mol. The smallest absolute Gasteiger partial charge is 0.164 e. The fourth-order valence-electron chi connectivity index (χ4n) is 11.6. The maximum Gasteiger partial charge on any atom is 0.164 e. The monoisotopic (exact) mass is 773 g/mol. The zero-order valence-corrected chi connectivity index (χ0v) is 34.0. The Balaban J connectivity index is 0.968. The molecule has 0 atom stereocenters. The Morgan fingerprint density at radius 3 is 1.33 bits per heavy atom. The van der Waals surface area contributed by atoms with Gasteiger partial charge in [0, 0.05) is 27.5 Å². The molecule has 2 spiro atoms. The van der Waals surface area contributed by atoms with Gasteiger partial charge in [0.05, 0.1) is 0 Å². The summed E-state index contributed by atoms with van der Waals surface area (Å²) in [6.45, 7) is 0. The van der Waals surface area contributed by atoms with Crippen molar-refractivity contribution in [2.75, 3.05) is 0 Å². The van der Waals surface area contributed by atoms with Crippen LogP contribution in [0, 0.1) is 0 Å². The van der Waals surface area contributed by atoms with Crippen LogP contribution in [0.15, 0.2) is 164 Å². The molecule has 4 aliphatic rings. The second-order valence-electron chi connectivity index (χ2n) is 17.7. The van der Waals surface area contributed by atoms with Gasteiger partial charge >= 0.3 is 0 Å². The summed E-state index contributed by atoms with van der Waals surface area (Å²) in [6, 6.07) is 60.3. The molecule has 3 heteroatoms. The Kier molecular flexibility index (Phi) is 8.34. The molecule has 60 heavy (non-hydrogen) atoms. The third-order valence-corrected chi connectivity index (χ3v) is 14.5. The number of fused-ring (bicyclic) bond motifs is 10. The van der Waals surface area contributed by atoms with Crippen LogP contribution in [0.4, 0.5) is 0 Å². The van der Waals surface area contributed by atoms with Crippen LogP contribution < -0.4 is 0 Å². The molecule has 0 N–H and O–H groups in total. The summed E-state index contributed by atoms with van der Waals surface area (Å²) >= 11 is 0. The van der Waals surface area contributed by atoms with Crippen molar-refractivity contribution in [3.63, 3.8) is 0 Å². The van der Waals surface area contributed by atoms with Gasteiger partial charge in [-0.2, -0.15) is 0 Å². The van der Waals surface area contributed by atoms with E-state index in [4.69, 9.17) is 15.0 Å². The SMILES string of the molecule is c1ccc(-c2ccc(-c3nc(-c4ccccc4)nc(-c4cccc(-c5ccc6c(c5)-c5cc7c(cc5C65CCCCC5)-c5ccccc5C75CCCCC5)c4)n3)cc2)cc1. The van der Waals surface area contributed by atoms with Crippen LogP contribution in [0.5, 0.6) is 0 Å². The number of nitrogens with zero attached hydrogens (tertiary/aromatic N) is 3. The fraction of sp³-hybridized carbons (Fsp3) is 0.211. The van der Waals surface area contributed by atoms with Crippen LogP contribution in [-0.2, 0) is 10.8 Å². The molecule has 0 amide bonds. The predicted octanol–water partition coefficient (Wildman–Crippen LogP) is 14.7. The number of hydrogen-bond donors (Lipinski definition) is 0. The van der Waals surface area contributed by atoms with Gasteiger partial charge in [-0.05, 0) is 117 Å². The summed E-state index contributed by atoms with van der Waals surface area (Å²) in [5.41, 5.74) is 20.1. The van der Waals surface area contributed by atoms with Crippen molar-refractivity contribution in [2.45, 2.75) is 75.0 Å². The van der Waals surface area contributed by atoms with Crippen molar-refractivity contribution in [2.24, 2.45) is 0 Å². The summed E-state index contributed by atoms with van der Waals surface area (Å²) in [6.07, 6.45) is 12.8. The highest BCUT2D eigenvalue weighted by Gasteiger charge is 2.48. The third-order valence-electron chi connectivity index (χ3n) is 14.5. The Morgan fingerprint density at radius 1 is 0.267 bits per heavy atom. The van der Waals surface area contributed by atoms with Gasteiger partial charge in [0.2, 0.25) is 0 Å². The summed E-state index contributed by atoms with van der Waals surface area (Å²) in [4.78, 5) is 15.3. The summed E-state index contributed by atoms with van der Waals surface area (Å²) in [5.74, 6) is 2.01. The molecule has 7 aromatic carbocycles. The van der Waals surface area contributed by atoms with Gasteiger partial charge in [-0.3, -0.25) is 0 Å². The topological polar surface area (TPSA) is 38.7 Å². The van der Waals surface area contributed by atoms with E-state index in [9.17, 15) is 0 Å². The first-order chi connectivity index (χ1) is 29.7. The summed E-state index contributed by atoms with van der Waals surface area (Å²) < 4.78 is 0. The lowest BCUT2D eigenvalue weighted by Crippen LogP contribution is -2.29. The maximum absolute atomic E-state index is 5.15. The van der Waals surface area contributed by atoms with Gasteiger partial charge in [-0.25, -0.2) is 15.0 Å². The average molecular weight is 774 g/mol. The van der Waals surface area contributed by atoms with E-state index in [1.807, 2.05) is 18.2 Å². The van der Waals surface area contributed by atoms with Gasteiger partial charge < -0.3 is 0 Å². The van der Waals surface area contributed by atoms with Gasteiger partial charge in [-0.1, -0.05) is 178 Å². The molecule has 4 aliphatic carbocycles. The zero-order valence-electron chi connectivity index (χ0n) is 34.0. The normalized spacial score (nSPS) is 16.6. The van der Waals surface area contributed by atoms with Crippen molar-refractivity contribution in [1.29, 1.82) is 0 Å². The molecule has 290 valence electrons. The molecule has 2 fully saturated rings. The molecule has 0 aliphatic heterocycles. The van der Waals surface area contributed by atoms with Crippen LogP contribution in [0.25, 0.3) is 78.7 Å². The van der Waals surface area contributed by atoms with E-state index < -0.39 is 0 Å². The van der Waals surface area contributed by atoms with Crippen LogP contribution in [0.3, 0.4) is 0 Å². The minimum atomic E-state index is 0.0873. The number of benzene rings is 7. The zero-order chi connectivity index (χ0) is 39.7. The van der Waals surface area contributed by atoms with E-state index in [1.165, 1.54) is 109 Å². The van der Waals surface area contributed by atoms with E-state index in [1.54, 1.807) is 22.3 Å². The van der Waals surface area contributed by atoms with Crippen molar-refractivity contribution in [3.05, 3.63) is 186 Å². The van der Waals surface area contributed by atoms with Gasteiger partial charge in [0.1, 0.15) is 0 Å². The van der Waals surface area contributed by atoms with Crippen molar-refractivity contribution in [1.82, 2.24) is 15.0 Å². The van der Waals surface area contributed by atoms with Crippen LogP contribution >= 0.6 is 0 Å². The van der Waals surface area contributed by atoms with Crippen molar-refractivity contribution in [3.8, 4) is 78.7 Å². The minimum absolute atomic E-state index is 0.0873. The number of aromatic nitrogens is 3. The highest BCUT2D eigenvalue weighted by Crippen LogP contribution is 2.62. The highest BCUT2D eigenvalue weighted by atomic mass is 15.0. The molecule has 8 aromatic rings. The van der Waals surface area contributed by atoms with Gasteiger partial charge in [-0.15, -0.1) is 0 Å². The molecule has 0 bridgehead atoms. The quantitative estimate of drug-likeness (QED) is 0.175. The lowest BCUT2D eigenvalue weighted by atomic mass is 9.66. The standard InChI is InChI=1S/C57H47N3/c1-5-16-38(17-6-1)39-24-26-41(27-25-39)54-58-53(40-18-7-2-8-19-40)59-55(60-54)44-21-15-20-42(34-44)43-28-29-50-46(35-43)48-37-51-47(36-52(48)57(50)32-13-4-14-33-57)45-22-9-10-23-49(45)56(51)30-11-3-12-31-56/h1-2,5-10,15-29,34-37H,3-4,11-14,30-33H2. The van der Waals surface area contributed by atoms with Crippen molar-refractivity contribution < 1.29 is 0 Å². The molecule has 1 aromatic heterocycles. The Morgan fingerprint density at radius 2 is 0.683 bits per heavy atom. The molecule has 0 saturated heterocycles. The Hall–Kier alpha value is -6.45. The minimum Gasteiger partial charge on any atom is -0.208 e. The fourth-order valence-corrected chi connectivity index (χ4v) is 11.6. The first kappa shape index (κ1) is 35.5. The Labute approximate surface area is 353 Å². The van der Waals surface area contributed by atoms with E-state index >= 15 is 0 Å². The molecule has 1 heterocycles. The molecule has 0 unspecified atom stereocenters.